The molecule has 1 aromatic heterocycles. The Morgan fingerprint density at radius 1 is 1.26 bits per heavy atom. The van der Waals surface area contributed by atoms with Crippen LogP contribution in [-0.2, 0) is 11.2 Å². The normalized spacial score (nSPS) is 23.6. The highest BCUT2D eigenvalue weighted by Gasteiger charge is 2.40. The lowest BCUT2D eigenvalue weighted by atomic mass is 9.92. The number of amides is 2. The van der Waals surface area contributed by atoms with Crippen molar-refractivity contribution in [1.29, 1.82) is 0 Å². The molecule has 2 saturated heterocycles. The largest absolute Gasteiger partial charge is 0.447 e. The maximum atomic E-state index is 13.0. The number of Topliss-reactive ketones (excluding diaryl/α,β-unsaturated/α-hetero) is 1. The van der Waals surface area contributed by atoms with Gasteiger partial charge in [0, 0.05) is 37.4 Å². The number of piperazine rings is 1. The molecule has 7 nitrogen and oxygen atoms in total. The molecule has 3 heterocycles. The molecule has 2 amide bonds. The molecule has 1 atom stereocenters. The van der Waals surface area contributed by atoms with Crippen molar-refractivity contribution in [1.82, 2.24) is 14.8 Å². The topological polar surface area (TPSA) is 82.7 Å². The van der Waals surface area contributed by atoms with Gasteiger partial charge in [-0.3, -0.25) is 14.5 Å². The van der Waals surface area contributed by atoms with Crippen molar-refractivity contribution in [2.24, 2.45) is 0 Å². The number of H-pyrrole nitrogens is 1. The average molecular weight is 317 g/mol. The van der Waals surface area contributed by atoms with Crippen LogP contribution in [-0.4, -0.2) is 64.9 Å². The van der Waals surface area contributed by atoms with Gasteiger partial charge in [0.05, 0.1) is 17.2 Å². The van der Waals surface area contributed by atoms with Gasteiger partial charge >= 0.3 is 6.09 Å². The van der Waals surface area contributed by atoms with Gasteiger partial charge in [-0.05, 0) is 19.8 Å². The average Bonchev–Trinajstić information content (AvgIpc) is 3.07. The molecule has 7 heteroatoms. The summed E-state index contributed by atoms with van der Waals surface area (Å²) in [6.45, 7) is 3.58. The van der Waals surface area contributed by atoms with Gasteiger partial charge in [0.2, 0.25) is 0 Å². The number of ether oxygens (including phenoxy) is 1. The highest BCUT2D eigenvalue weighted by atomic mass is 16.6. The summed E-state index contributed by atoms with van der Waals surface area (Å²) in [6, 6.07) is -0.0778. The van der Waals surface area contributed by atoms with Crippen LogP contribution in [0.3, 0.4) is 0 Å². The fourth-order valence-corrected chi connectivity index (χ4v) is 3.83. The van der Waals surface area contributed by atoms with E-state index in [4.69, 9.17) is 4.74 Å². The molecule has 2 aliphatic heterocycles. The molecule has 0 saturated carbocycles. The third-order valence-corrected chi connectivity index (χ3v) is 4.99. The first-order chi connectivity index (χ1) is 11.1. The third-order valence-electron chi connectivity index (χ3n) is 4.99. The number of nitrogens with zero attached hydrogens (tertiary/aromatic N) is 2. The zero-order valence-electron chi connectivity index (χ0n) is 13.1. The van der Waals surface area contributed by atoms with Crippen molar-refractivity contribution < 1.29 is 19.1 Å². The van der Waals surface area contributed by atoms with Crippen molar-refractivity contribution in [2.75, 3.05) is 26.2 Å². The first-order valence-corrected chi connectivity index (χ1v) is 8.03. The fourth-order valence-electron chi connectivity index (χ4n) is 3.83. The number of cyclic esters (lactones) is 1. The molecule has 0 spiro atoms. The fraction of sp³-hybridized carbons (Fsp3) is 0.562. The number of carbonyl (C=O) groups excluding carboxylic acids is 3. The highest BCUT2D eigenvalue weighted by molar-refractivity contribution is 6.10. The number of aromatic amines is 1. The summed E-state index contributed by atoms with van der Waals surface area (Å²) in [7, 11) is 0. The molecule has 2 fully saturated rings. The number of aromatic nitrogens is 1. The minimum Gasteiger partial charge on any atom is -0.447 e. The summed E-state index contributed by atoms with van der Waals surface area (Å²) in [6.07, 6.45) is 1.85. The van der Waals surface area contributed by atoms with Gasteiger partial charge in [0.25, 0.3) is 5.91 Å². The van der Waals surface area contributed by atoms with E-state index in [9.17, 15) is 14.4 Å². The van der Waals surface area contributed by atoms with Gasteiger partial charge in [0.1, 0.15) is 6.61 Å². The zero-order valence-corrected chi connectivity index (χ0v) is 13.1. The summed E-state index contributed by atoms with van der Waals surface area (Å²) in [5, 5.41) is 0. The second-order valence-electron chi connectivity index (χ2n) is 6.43. The summed E-state index contributed by atoms with van der Waals surface area (Å²) < 4.78 is 5.04. The second-order valence-corrected chi connectivity index (χ2v) is 6.43. The number of carbonyl (C=O) groups is 3. The van der Waals surface area contributed by atoms with Crippen LogP contribution in [0.1, 0.15) is 44.9 Å². The van der Waals surface area contributed by atoms with Crippen LogP contribution in [0.15, 0.2) is 0 Å². The Kier molecular flexibility index (Phi) is 3.18. The summed E-state index contributed by atoms with van der Waals surface area (Å²) in [5.74, 6) is -0.0637. The van der Waals surface area contributed by atoms with Crippen LogP contribution in [0.5, 0.6) is 0 Å². The lowest BCUT2D eigenvalue weighted by molar-refractivity contribution is 0.0613. The molecular formula is C16H19N3O4. The SMILES string of the molecule is Cc1[nH]c2c(c1C(=O)N1CCN3C(=O)OCC3C1)C(=O)CCC2. The van der Waals surface area contributed by atoms with Gasteiger partial charge < -0.3 is 14.6 Å². The number of hydrogen-bond acceptors (Lipinski definition) is 4. The molecule has 1 unspecified atom stereocenters. The summed E-state index contributed by atoms with van der Waals surface area (Å²) >= 11 is 0. The van der Waals surface area contributed by atoms with E-state index < -0.39 is 0 Å². The predicted molar refractivity (Wildman–Crippen MR) is 80.5 cm³/mol. The molecule has 23 heavy (non-hydrogen) atoms. The lowest BCUT2D eigenvalue weighted by Gasteiger charge is -2.35. The third kappa shape index (κ3) is 2.14. The van der Waals surface area contributed by atoms with Crippen LogP contribution in [0.4, 0.5) is 4.79 Å². The van der Waals surface area contributed by atoms with Gasteiger partial charge in [-0.15, -0.1) is 0 Å². The molecule has 3 aliphatic rings. The van der Waals surface area contributed by atoms with Crippen LogP contribution in [0, 0.1) is 6.92 Å². The number of ketones is 1. The van der Waals surface area contributed by atoms with Gasteiger partial charge in [-0.2, -0.15) is 0 Å². The van der Waals surface area contributed by atoms with Crippen molar-refractivity contribution >= 4 is 17.8 Å². The van der Waals surface area contributed by atoms with Crippen LogP contribution >= 0.6 is 0 Å². The van der Waals surface area contributed by atoms with Gasteiger partial charge in [-0.25, -0.2) is 4.79 Å². The van der Waals surface area contributed by atoms with Crippen LogP contribution in [0.2, 0.25) is 0 Å². The molecule has 1 N–H and O–H groups in total. The molecule has 0 bridgehead atoms. The van der Waals surface area contributed by atoms with Crippen molar-refractivity contribution in [3.63, 3.8) is 0 Å². The van der Waals surface area contributed by atoms with Crippen molar-refractivity contribution in [3.05, 3.63) is 22.5 Å². The Balaban J connectivity index is 1.62. The number of fused-ring (bicyclic) bond motifs is 2. The number of aryl methyl sites for hydroxylation is 2. The quantitative estimate of drug-likeness (QED) is 0.841. The number of rotatable bonds is 1. The van der Waals surface area contributed by atoms with E-state index in [0.717, 1.165) is 24.2 Å². The Bertz CT molecular complexity index is 708. The van der Waals surface area contributed by atoms with Crippen molar-refractivity contribution in [3.8, 4) is 0 Å². The maximum Gasteiger partial charge on any atom is 0.410 e. The molecule has 1 aliphatic carbocycles. The Morgan fingerprint density at radius 3 is 2.91 bits per heavy atom. The standard InChI is InChI=1S/C16H19N3O4/c1-9-13(14-11(17-9)3-2-4-12(14)20)15(21)18-5-6-19-10(7-18)8-23-16(19)22/h10,17H,2-8H2,1H3. The maximum absolute atomic E-state index is 13.0. The van der Waals surface area contributed by atoms with E-state index in [1.165, 1.54) is 0 Å². The molecule has 0 aromatic carbocycles. The van der Waals surface area contributed by atoms with E-state index in [-0.39, 0.29) is 23.8 Å². The van der Waals surface area contributed by atoms with Crippen LogP contribution in [0.25, 0.3) is 0 Å². The molecular weight excluding hydrogens is 298 g/mol. The highest BCUT2D eigenvalue weighted by Crippen LogP contribution is 2.29. The zero-order chi connectivity index (χ0) is 16.1. The Labute approximate surface area is 133 Å². The lowest BCUT2D eigenvalue weighted by Crippen LogP contribution is -2.53. The van der Waals surface area contributed by atoms with Gasteiger partial charge in [0.15, 0.2) is 5.78 Å². The molecule has 0 radical (unpaired) electrons. The Morgan fingerprint density at radius 2 is 2.09 bits per heavy atom. The first-order valence-electron chi connectivity index (χ1n) is 8.03. The smallest absolute Gasteiger partial charge is 0.410 e. The molecule has 4 rings (SSSR count). The number of nitrogens with one attached hydrogen (secondary N) is 1. The minimum atomic E-state index is -0.299. The van der Waals surface area contributed by atoms with Crippen molar-refractivity contribution in [2.45, 2.75) is 32.2 Å². The minimum absolute atomic E-state index is 0.0527. The van der Waals surface area contributed by atoms with Crippen LogP contribution < -0.4 is 0 Å². The van der Waals surface area contributed by atoms with E-state index in [0.29, 0.717) is 43.8 Å². The number of hydrogen-bond donors (Lipinski definition) is 1. The van der Waals surface area contributed by atoms with E-state index in [2.05, 4.69) is 4.98 Å². The molecule has 1 aromatic rings. The monoisotopic (exact) mass is 317 g/mol. The van der Waals surface area contributed by atoms with E-state index >= 15 is 0 Å². The van der Waals surface area contributed by atoms with E-state index in [1.807, 2.05) is 6.92 Å². The Hall–Kier alpha value is -2.31. The first kappa shape index (κ1) is 14.3. The second kappa shape index (κ2) is 5.11. The van der Waals surface area contributed by atoms with E-state index in [1.54, 1.807) is 9.80 Å². The van der Waals surface area contributed by atoms with Gasteiger partial charge in [-0.1, -0.05) is 0 Å². The summed E-state index contributed by atoms with van der Waals surface area (Å²) in [4.78, 5) is 43.4. The molecule has 122 valence electrons. The predicted octanol–water partition coefficient (Wildman–Crippen LogP) is 1.12. The summed E-state index contributed by atoms with van der Waals surface area (Å²) in [5.41, 5.74) is 2.75.